The van der Waals surface area contributed by atoms with E-state index in [1.807, 2.05) is 0 Å². The van der Waals surface area contributed by atoms with Crippen LogP contribution in [0, 0.1) is 11.6 Å². The highest BCUT2D eigenvalue weighted by Crippen LogP contribution is 2.14. The molecule has 98 valence electrons. The third-order valence-electron chi connectivity index (χ3n) is 2.59. The summed E-state index contributed by atoms with van der Waals surface area (Å²) in [5.74, 6) is -2.45. The van der Waals surface area contributed by atoms with Crippen LogP contribution in [0.3, 0.4) is 0 Å². The van der Waals surface area contributed by atoms with Gasteiger partial charge in [0, 0.05) is 12.2 Å². The van der Waals surface area contributed by atoms with E-state index in [-0.39, 0.29) is 17.9 Å². The average molecular weight is 263 g/mol. The van der Waals surface area contributed by atoms with Crippen LogP contribution < -0.4 is 5.32 Å². The predicted molar refractivity (Wildman–Crippen MR) is 67.1 cm³/mol. The molecule has 0 heterocycles. The molecule has 2 N–H and O–H groups in total. The minimum absolute atomic E-state index is 0.278. The van der Waals surface area contributed by atoms with Crippen molar-refractivity contribution >= 4 is 11.7 Å². The van der Waals surface area contributed by atoms with Crippen LogP contribution >= 0.6 is 0 Å². The molecule has 0 bridgehead atoms. The van der Waals surface area contributed by atoms with E-state index in [9.17, 15) is 13.6 Å². The molecule has 0 atom stereocenters. The van der Waals surface area contributed by atoms with Gasteiger partial charge in [0.1, 0.15) is 11.6 Å². The molecule has 0 saturated carbocycles. The van der Waals surface area contributed by atoms with Crippen LogP contribution in [0.1, 0.15) is 15.9 Å². The number of hydrogen-bond donors (Lipinski definition) is 2. The predicted octanol–water partition coefficient (Wildman–Crippen LogP) is 3.28. The third kappa shape index (κ3) is 3.28. The number of nitrogens with one attached hydrogen (secondary N) is 1. The van der Waals surface area contributed by atoms with Crippen LogP contribution in [-0.2, 0) is 6.54 Å². The monoisotopic (exact) mass is 263 g/mol. The van der Waals surface area contributed by atoms with E-state index in [1.165, 1.54) is 24.3 Å². The van der Waals surface area contributed by atoms with Crippen LogP contribution in [0.15, 0.2) is 42.5 Å². The summed E-state index contributed by atoms with van der Waals surface area (Å²) >= 11 is 0. The van der Waals surface area contributed by atoms with E-state index in [2.05, 4.69) is 5.32 Å². The van der Waals surface area contributed by atoms with E-state index >= 15 is 0 Å². The van der Waals surface area contributed by atoms with Crippen LogP contribution in [-0.4, -0.2) is 11.1 Å². The van der Waals surface area contributed by atoms with Crippen molar-refractivity contribution < 1.29 is 18.7 Å². The molecule has 0 aliphatic carbocycles. The zero-order chi connectivity index (χ0) is 13.8. The van der Waals surface area contributed by atoms with Crippen molar-refractivity contribution in [2.75, 3.05) is 5.32 Å². The number of carbonyl (C=O) groups is 1. The van der Waals surface area contributed by atoms with Crippen molar-refractivity contribution in [3.63, 3.8) is 0 Å². The number of hydrogen-bond acceptors (Lipinski definition) is 2. The molecule has 5 heteroatoms. The van der Waals surface area contributed by atoms with Crippen molar-refractivity contribution in [2.24, 2.45) is 0 Å². The SMILES string of the molecule is O=C(O)c1ccc(CNc2cccc(F)c2)cc1F. The van der Waals surface area contributed by atoms with Gasteiger partial charge < -0.3 is 10.4 Å². The molecule has 2 rings (SSSR count). The fraction of sp³-hybridized carbons (Fsp3) is 0.0714. The molecule has 2 aromatic rings. The first-order valence-electron chi connectivity index (χ1n) is 5.57. The maximum atomic E-state index is 13.4. The zero-order valence-electron chi connectivity index (χ0n) is 9.86. The van der Waals surface area contributed by atoms with Crippen LogP contribution in [0.5, 0.6) is 0 Å². The van der Waals surface area contributed by atoms with Crippen LogP contribution in [0.25, 0.3) is 0 Å². The van der Waals surface area contributed by atoms with Gasteiger partial charge in [-0.05, 0) is 35.9 Å². The van der Waals surface area contributed by atoms with E-state index in [0.29, 0.717) is 11.3 Å². The Kier molecular flexibility index (Phi) is 3.75. The Morgan fingerprint density at radius 3 is 2.58 bits per heavy atom. The van der Waals surface area contributed by atoms with Gasteiger partial charge in [-0.2, -0.15) is 0 Å². The molecular formula is C14H11F2NO2. The number of carboxylic acid groups (broad SMARTS) is 1. The molecule has 19 heavy (non-hydrogen) atoms. The highest BCUT2D eigenvalue weighted by molar-refractivity contribution is 5.87. The average Bonchev–Trinajstić information content (AvgIpc) is 2.36. The number of aromatic carboxylic acids is 1. The lowest BCUT2D eigenvalue weighted by Gasteiger charge is -2.07. The van der Waals surface area contributed by atoms with E-state index in [1.54, 1.807) is 12.1 Å². The van der Waals surface area contributed by atoms with Gasteiger partial charge in [-0.15, -0.1) is 0 Å². The minimum atomic E-state index is -1.30. The third-order valence-corrected chi connectivity index (χ3v) is 2.59. The number of benzene rings is 2. The summed E-state index contributed by atoms with van der Waals surface area (Å²) in [6.45, 7) is 0.278. The van der Waals surface area contributed by atoms with Gasteiger partial charge in [0.2, 0.25) is 0 Å². The van der Waals surface area contributed by atoms with Crippen LogP contribution in [0.2, 0.25) is 0 Å². The van der Waals surface area contributed by atoms with Gasteiger partial charge in [-0.3, -0.25) is 0 Å². The van der Waals surface area contributed by atoms with Crippen molar-refractivity contribution in [1.29, 1.82) is 0 Å². The summed E-state index contributed by atoms with van der Waals surface area (Å²) < 4.78 is 26.4. The Morgan fingerprint density at radius 2 is 1.95 bits per heavy atom. The van der Waals surface area contributed by atoms with E-state index < -0.39 is 11.8 Å². The molecule has 0 aliphatic heterocycles. The molecule has 0 aliphatic rings. The molecule has 0 unspecified atom stereocenters. The van der Waals surface area contributed by atoms with Crippen LogP contribution in [0.4, 0.5) is 14.5 Å². The van der Waals surface area contributed by atoms with E-state index in [4.69, 9.17) is 5.11 Å². The number of rotatable bonds is 4. The molecule has 2 aromatic carbocycles. The Hall–Kier alpha value is -2.43. The van der Waals surface area contributed by atoms with Crippen molar-refractivity contribution in [3.8, 4) is 0 Å². The molecule has 0 spiro atoms. The second kappa shape index (κ2) is 5.48. The molecule has 0 saturated heterocycles. The van der Waals surface area contributed by atoms with Gasteiger partial charge in [0.15, 0.2) is 0 Å². The Bertz CT molecular complexity index is 614. The highest BCUT2D eigenvalue weighted by Gasteiger charge is 2.10. The first-order valence-corrected chi connectivity index (χ1v) is 5.57. The topological polar surface area (TPSA) is 49.3 Å². The summed E-state index contributed by atoms with van der Waals surface area (Å²) in [7, 11) is 0. The summed E-state index contributed by atoms with van der Waals surface area (Å²) in [4.78, 5) is 10.7. The zero-order valence-corrected chi connectivity index (χ0v) is 9.86. The maximum absolute atomic E-state index is 13.4. The number of halogens is 2. The first kappa shape index (κ1) is 13.0. The smallest absolute Gasteiger partial charge is 0.338 e. The fourth-order valence-electron chi connectivity index (χ4n) is 1.64. The lowest BCUT2D eigenvalue weighted by atomic mass is 10.1. The Labute approximate surface area is 108 Å². The molecule has 3 nitrogen and oxygen atoms in total. The quantitative estimate of drug-likeness (QED) is 0.890. The van der Waals surface area contributed by atoms with Crippen molar-refractivity contribution in [3.05, 3.63) is 65.2 Å². The lowest BCUT2D eigenvalue weighted by Crippen LogP contribution is -2.04. The summed E-state index contributed by atoms with van der Waals surface area (Å²) in [6, 6.07) is 9.76. The summed E-state index contributed by atoms with van der Waals surface area (Å²) in [5, 5.41) is 11.6. The standard InChI is InChI=1S/C14H11F2NO2/c15-10-2-1-3-11(7-10)17-8-9-4-5-12(14(18)19)13(16)6-9/h1-7,17H,8H2,(H,18,19). The van der Waals surface area contributed by atoms with Gasteiger partial charge in [0.25, 0.3) is 0 Å². The highest BCUT2D eigenvalue weighted by atomic mass is 19.1. The van der Waals surface area contributed by atoms with E-state index in [0.717, 1.165) is 6.07 Å². The lowest BCUT2D eigenvalue weighted by molar-refractivity contribution is 0.0692. The van der Waals surface area contributed by atoms with Crippen molar-refractivity contribution in [1.82, 2.24) is 0 Å². The minimum Gasteiger partial charge on any atom is -0.478 e. The Balaban J connectivity index is 2.08. The maximum Gasteiger partial charge on any atom is 0.338 e. The number of carboxylic acids is 1. The van der Waals surface area contributed by atoms with Crippen molar-refractivity contribution in [2.45, 2.75) is 6.54 Å². The van der Waals surface area contributed by atoms with Gasteiger partial charge in [-0.25, -0.2) is 13.6 Å². The van der Waals surface area contributed by atoms with Gasteiger partial charge in [0.05, 0.1) is 5.56 Å². The molecule has 0 aromatic heterocycles. The molecular weight excluding hydrogens is 252 g/mol. The normalized spacial score (nSPS) is 10.2. The van der Waals surface area contributed by atoms with Gasteiger partial charge >= 0.3 is 5.97 Å². The second-order valence-corrected chi connectivity index (χ2v) is 3.98. The first-order chi connectivity index (χ1) is 9.06. The summed E-state index contributed by atoms with van der Waals surface area (Å²) in [5.41, 5.74) is 0.781. The Morgan fingerprint density at radius 1 is 1.16 bits per heavy atom. The molecule has 0 radical (unpaired) electrons. The molecule has 0 amide bonds. The largest absolute Gasteiger partial charge is 0.478 e. The summed E-state index contributed by atoms with van der Waals surface area (Å²) in [6.07, 6.45) is 0. The van der Waals surface area contributed by atoms with Gasteiger partial charge in [-0.1, -0.05) is 12.1 Å². The second-order valence-electron chi connectivity index (χ2n) is 3.98. The molecule has 0 fully saturated rings. The fourth-order valence-corrected chi connectivity index (χ4v) is 1.64. The number of anilines is 1.